The fraction of sp³-hybridized carbons (Fsp3) is 0.235. The first-order valence-corrected chi connectivity index (χ1v) is 6.94. The summed E-state index contributed by atoms with van der Waals surface area (Å²) in [6.07, 6.45) is 0. The van der Waals surface area contributed by atoms with Crippen LogP contribution in [0.1, 0.15) is 16.7 Å². The van der Waals surface area contributed by atoms with Crippen LogP contribution < -0.4 is 14.8 Å². The van der Waals surface area contributed by atoms with E-state index in [1.165, 1.54) is 0 Å². The second kappa shape index (κ2) is 6.29. The Hall–Kier alpha value is -2.51. The standard InChI is InChI=1S/C17H16N2O2/c18-10-13-3-1-4-14(9-13)11-19-12-15-5-2-6-16-17(15)21-8-7-20-16/h1-6,9,19H,7-8,11-12H2. The SMILES string of the molecule is N#Cc1cccc(CNCc2cccc3c2OCCO3)c1. The minimum absolute atomic E-state index is 0.591. The summed E-state index contributed by atoms with van der Waals surface area (Å²) in [5.74, 6) is 1.65. The molecule has 0 bridgehead atoms. The van der Waals surface area contributed by atoms with Crippen molar-refractivity contribution in [1.82, 2.24) is 5.32 Å². The van der Waals surface area contributed by atoms with Crippen molar-refractivity contribution in [2.24, 2.45) is 0 Å². The third-order valence-electron chi connectivity index (χ3n) is 3.35. The van der Waals surface area contributed by atoms with Crippen LogP contribution in [0, 0.1) is 11.3 Å². The molecule has 4 nitrogen and oxygen atoms in total. The van der Waals surface area contributed by atoms with Crippen molar-refractivity contribution in [3.63, 3.8) is 0 Å². The molecular formula is C17H16N2O2. The molecule has 0 saturated heterocycles. The Morgan fingerprint density at radius 2 is 1.90 bits per heavy atom. The molecule has 0 aromatic heterocycles. The van der Waals surface area contributed by atoms with Gasteiger partial charge in [-0.3, -0.25) is 0 Å². The lowest BCUT2D eigenvalue weighted by atomic mass is 10.1. The van der Waals surface area contributed by atoms with Crippen molar-refractivity contribution in [3.8, 4) is 17.6 Å². The number of nitrogens with one attached hydrogen (secondary N) is 1. The average Bonchev–Trinajstić information content (AvgIpc) is 2.55. The first kappa shape index (κ1) is 13.5. The van der Waals surface area contributed by atoms with Crippen molar-refractivity contribution in [3.05, 3.63) is 59.2 Å². The van der Waals surface area contributed by atoms with Gasteiger partial charge in [-0.05, 0) is 23.8 Å². The molecule has 0 amide bonds. The summed E-state index contributed by atoms with van der Waals surface area (Å²) in [5, 5.41) is 12.3. The van der Waals surface area contributed by atoms with E-state index in [1.54, 1.807) is 0 Å². The number of hydrogen-bond acceptors (Lipinski definition) is 4. The van der Waals surface area contributed by atoms with Crippen LogP contribution in [-0.4, -0.2) is 13.2 Å². The Kier molecular flexibility index (Phi) is 4.04. The van der Waals surface area contributed by atoms with Gasteiger partial charge in [0.15, 0.2) is 11.5 Å². The van der Waals surface area contributed by atoms with Gasteiger partial charge in [0.1, 0.15) is 13.2 Å². The zero-order valence-corrected chi connectivity index (χ0v) is 11.6. The number of hydrogen-bond donors (Lipinski definition) is 1. The van der Waals surface area contributed by atoms with Gasteiger partial charge < -0.3 is 14.8 Å². The van der Waals surface area contributed by atoms with E-state index >= 15 is 0 Å². The highest BCUT2D eigenvalue weighted by molar-refractivity contribution is 5.47. The van der Waals surface area contributed by atoms with Crippen LogP contribution in [0.4, 0.5) is 0 Å². The monoisotopic (exact) mass is 280 g/mol. The van der Waals surface area contributed by atoms with Crippen LogP contribution in [0.25, 0.3) is 0 Å². The summed E-state index contributed by atoms with van der Waals surface area (Å²) < 4.78 is 11.3. The lowest BCUT2D eigenvalue weighted by Gasteiger charge is -2.21. The molecule has 1 heterocycles. The molecule has 0 fully saturated rings. The Morgan fingerprint density at radius 3 is 2.81 bits per heavy atom. The van der Waals surface area contributed by atoms with Gasteiger partial charge in [0.05, 0.1) is 11.6 Å². The van der Waals surface area contributed by atoms with Crippen molar-refractivity contribution in [1.29, 1.82) is 5.26 Å². The average molecular weight is 280 g/mol. The Bertz CT molecular complexity index is 677. The topological polar surface area (TPSA) is 54.3 Å². The molecule has 0 radical (unpaired) electrons. The molecule has 2 aromatic carbocycles. The number of rotatable bonds is 4. The third-order valence-corrected chi connectivity index (χ3v) is 3.35. The molecule has 106 valence electrons. The van der Waals surface area contributed by atoms with E-state index in [0.717, 1.165) is 22.6 Å². The fourth-order valence-corrected chi connectivity index (χ4v) is 2.37. The van der Waals surface area contributed by atoms with Gasteiger partial charge in [0.2, 0.25) is 0 Å². The summed E-state index contributed by atoms with van der Waals surface area (Å²) in [6, 6.07) is 15.7. The first-order valence-electron chi connectivity index (χ1n) is 6.94. The van der Waals surface area contributed by atoms with Crippen molar-refractivity contribution >= 4 is 0 Å². The lowest BCUT2D eigenvalue weighted by molar-refractivity contribution is 0.169. The summed E-state index contributed by atoms with van der Waals surface area (Å²) in [7, 11) is 0. The molecule has 3 rings (SSSR count). The van der Waals surface area contributed by atoms with Gasteiger partial charge in [-0.1, -0.05) is 24.3 Å². The Morgan fingerprint density at radius 1 is 1.05 bits per heavy atom. The van der Waals surface area contributed by atoms with Crippen LogP contribution in [0.15, 0.2) is 42.5 Å². The molecule has 0 saturated carbocycles. The van der Waals surface area contributed by atoms with Crippen molar-refractivity contribution < 1.29 is 9.47 Å². The lowest BCUT2D eigenvalue weighted by Crippen LogP contribution is -2.19. The van der Waals surface area contributed by atoms with Gasteiger partial charge >= 0.3 is 0 Å². The second-order valence-electron chi connectivity index (χ2n) is 4.86. The number of benzene rings is 2. The molecule has 1 N–H and O–H groups in total. The van der Waals surface area contributed by atoms with Crippen LogP contribution in [0.2, 0.25) is 0 Å². The molecule has 2 aromatic rings. The number of nitrogens with zero attached hydrogens (tertiary/aromatic N) is 1. The summed E-state index contributed by atoms with van der Waals surface area (Å²) in [4.78, 5) is 0. The highest BCUT2D eigenvalue weighted by Crippen LogP contribution is 2.33. The summed E-state index contributed by atoms with van der Waals surface area (Å²) in [6.45, 7) is 2.60. The number of nitriles is 1. The minimum atomic E-state index is 0.591. The highest BCUT2D eigenvalue weighted by Gasteiger charge is 2.14. The van der Waals surface area contributed by atoms with Crippen LogP contribution >= 0.6 is 0 Å². The van der Waals surface area contributed by atoms with Gasteiger partial charge in [-0.2, -0.15) is 5.26 Å². The molecule has 21 heavy (non-hydrogen) atoms. The molecule has 0 atom stereocenters. The second-order valence-corrected chi connectivity index (χ2v) is 4.86. The van der Waals surface area contributed by atoms with Crippen LogP contribution in [0.3, 0.4) is 0 Å². The van der Waals surface area contributed by atoms with Crippen molar-refractivity contribution in [2.45, 2.75) is 13.1 Å². The minimum Gasteiger partial charge on any atom is -0.486 e. The molecular weight excluding hydrogens is 264 g/mol. The predicted octanol–water partition coefficient (Wildman–Crippen LogP) is 2.62. The van der Waals surface area contributed by atoms with E-state index in [-0.39, 0.29) is 0 Å². The number of para-hydroxylation sites is 1. The molecule has 0 unspecified atom stereocenters. The largest absolute Gasteiger partial charge is 0.486 e. The van der Waals surface area contributed by atoms with E-state index in [1.807, 2.05) is 42.5 Å². The van der Waals surface area contributed by atoms with Gasteiger partial charge in [0, 0.05) is 18.7 Å². The summed E-state index contributed by atoms with van der Waals surface area (Å²) in [5.41, 5.74) is 2.86. The van der Waals surface area contributed by atoms with Gasteiger partial charge in [0.25, 0.3) is 0 Å². The maximum atomic E-state index is 8.90. The van der Waals surface area contributed by atoms with Gasteiger partial charge in [-0.15, -0.1) is 0 Å². The van der Waals surface area contributed by atoms with E-state index in [0.29, 0.717) is 31.9 Å². The fourth-order valence-electron chi connectivity index (χ4n) is 2.37. The highest BCUT2D eigenvalue weighted by atomic mass is 16.6. The summed E-state index contributed by atoms with van der Waals surface area (Å²) >= 11 is 0. The van der Waals surface area contributed by atoms with Gasteiger partial charge in [-0.25, -0.2) is 0 Å². The smallest absolute Gasteiger partial charge is 0.165 e. The van der Waals surface area contributed by atoms with E-state index in [2.05, 4.69) is 11.4 Å². The maximum absolute atomic E-state index is 8.90. The third kappa shape index (κ3) is 3.15. The van der Waals surface area contributed by atoms with E-state index in [4.69, 9.17) is 14.7 Å². The molecule has 0 spiro atoms. The predicted molar refractivity (Wildman–Crippen MR) is 79.1 cm³/mol. The van der Waals surface area contributed by atoms with Crippen LogP contribution in [0.5, 0.6) is 11.5 Å². The Labute approximate surface area is 123 Å². The quantitative estimate of drug-likeness (QED) is 0.935. The molecule has 4 heteroatoms. The normalized spacial score (nSPS) is 12.7. The maximum Gasteiger partial charge on any atom is 0.165 e. The molecule has 1 aliphatic heterocycles. The number of ether oxygens (including phenoxy) is 2. The zero-order valence-electron chi connectivity index (χ0n) is 11.6. The van der Waals surface area contributed by atoms with E-state index in [9.17, 15) is 0 Å². The van der Waals surface area contributed by atoms with Crippen LogP contribution in [-0.2, 0) is 13.1 Å². The number of fused-ring (bicyclic) bond motifs is 1. The Balaban J connectivity index is 1.64. The van der Waals surface area contributed by atoms with Crippen molar-refractivity contribution in [2.75, 3.05) is 13.2 Å². The van der Waals surface area contributed by atoms with E-state index < -0.39 is 0 Å². The zero-order chi connectivity index (χ0) is 14.5. The first-order chi connectivity index (χ1) is 10.4. The molecule has 1 aliphatic rings. The molecule has 0 aliphatic carbocycles.